The fourth-order valence-electron chi connectivity index (χ4n) is 3.74. The Hall–Kier alpha value is -1.75. The molecule has 0 bridgehead atoms. The molecule has 1 saturated heterocycles. The average molecular weight is 362 g/mol. The molecule has 2 unspecified atom stereocenters. The van der Waals surface area contributed by atoms with Crippen LogP contribution in [0, 0.1) is 11.8 Å². The molecule has 0 spiro atoms. The number of carbonyl (C=O) groups is 1. The Kier molecular flexibility index (Phi) is 7.33. The number of ether oxygens (including phenoxy) is 1. The van der Waals surface area contributed by atoms with E-state index in [1.807, 2.05) is 24.3 Å². The molecule has 2 atom stereocenters. The smallest absolute Gasteiger partial charge is 0.314 e. The van der Waals surface area contributed by atoms with Gasteiger partial charge >= 0.3 is 6.03 Å². The van der Waals surface area contributed by atoms with Crippen LogP contribution in [0.15, 0.2) is 24.3 Å². The van der Waals surface area contributed by atoms with Gasteiger partial charge in [-0.2, -0.15) is 0 Å². The number of piperidine rings is 1. The Morgan fingerprint density at radius 1 is 1.15 bits per heavy atom. The van der Waals surface area contributed by atoms with Crippen LogP contribution in [0.1, 0.15) is 39.7 Å². The van der Waals surface area contributed by atoms with Gasteiger partial charge in [0.2, 0.25) is 0 Å². The highest BCUT2D eigenvalue weighted by Crippen LogP contribution is 2.26. The average Bonchev–Trinajstić information content (AvgIpc) is 2.60. The van der Waals surface area contributed by atoms with Gasteiger partial charge in [-0.05, 0) is 56.2 Å². The molecule has 146 valence electrons. The number of likely N-dealkylation sites (tertiary alicyclic amines) is 1. The van der Waals surface area contributed by atoms with E-state index in [2.05, 4.69) is 43.2 Å². The second kappa shape index (κ2) is 9.26. The second-order valence-corrected chi connectivity index (χ2v) is 8.37. The van der Waals surface area contributed by atoms with Crippen molar-refractivity contribution in [1.29, 1.82) is 0 Å². The molecule has 2 N–H and O–H groups in total. The first-order valence-corrected chi connectivity index (χ1v) is 9.70. The minimum Gasteiger partial charge on any atom is -0.497 e. The number of hydrogen-bond donors (Lipinski definition) is 2. The number of nitrogens with one attached hydrogen (secondary N) is 2. The molecule has 0 aromatic heterocycles. The Labute approximate surface area is 158 Å². The van der Waals surface area contributed by atoms with Gasteiger partial charge in [-0.25, -0.2) is 4.79 Å². The molecular formula is C21H35N3O2. The zero-order valence-corrected chi connectivity index (χ0v) is 17.0. The third-order valence-corrected chi connectivity index (χ3v) is 5.26. The van der Waals surface area contributed by atoms with E-state index in [0.717, 1.165) is 37.1 Å². The summed E-state index contributed by atoms with van der Waals surface area (Å²) < 4.78 is 5.16. The first-order chi connectivity index (χ1) is 12.3. The van der Waals surface area contributed by atoms with E-state index in [-0.39, 0.29) is 11.6 Å². The maximum absolute atomic E-state index is 12.1. The Bertz CT molecular complexity index is 561. The van der Waals surface area contributed by atoms with Crippen molar-refractivity contribution in [2.45, 2.75) is 46.1 Å². The number of urea groups is 1. The van der Waals surface area contributed by atoms with Crippen molar-refractivity contribution in [2.75, 3.05) is 33.3 Å². The molecule has 1 aromatic carbocycles. The van der Waals surface area contributed by atoms with Gasteiger partial charge in [0.15, 0.2) is 0 Å². The first kappa shape index (κ1) is 20.6. The summed E-state index contributed by atoms with van der Waals surface area (Å²) in [6.45, 7) is 12.6. The molecule has 0 saturated carbocycles. The summed E-state index contributed by atoms with van der Waals surface area (Å²) in [5, 5.41) is 6.00. The van der Waals surface area contributed by atoms with E-state index in [4.69, 9.17) is 4.74 Å². The lowest BCUT2D eigenvalue weighted by Gasteiger charge is -2.45. The molecule has 1 aliphatic rings. The quantitative estimate of drug-likeness (QED) is 0.783. The monoisotopic (exact) mass is 361 g/mol. The Morgan fingerprint density at radius 3 is 2.35 bits per heavy atom. The molecule has 2 rings (SSSR count). The standard InChI is InChI=1S/C21H35N3O2/c1-16-12-17(2)14-24(13-16)21(3,4)15-23-20(25)22-11-10-18-6-8-19(26-5)9-7-18/h6-9,16-17H,10-15H2,1-5H3,(H2,22,23,25). The minimum absolute atomic E-state index is 0.0315. The number of hydrogen-bond acceptors (Lipinski definition) is 3. The van der Waals surface area contributed by atoms with E-state index in [1.54, 1.807) is 7.11 Å². The molecule has 2 amide bonds. The summed E-state index contributed by atoms with van der Waals surface area (Å²) in [6, 6.07) is 7.85. The van der Waals surface area contributed by atoms with Crippen LogP contribution < -0.4 is 15.4 Å². The lowest BCUT2D eigenvalue weighted by molar-refractivity contribution is 0.0473. The molecule has 5 heteroatoms. The Morgan fingerprint density at radius 2 is 1.77 bits per heavy atom. The topological polar surface area (TPSA) is 53.6 Å². The van der Waals surface area contributed by atoms with Crippen LogP contribution in [0.5, 0.6) is 5.75 Å². The van der Waals surface area contributed by atoms with E-state index >= 15 is 0 Å². The van der Waals surface area contributed by atoms with Crippen LogP contribution in [0.2, 0.25) is 0 Å². The molecule has 1 aliphatic heterocycles. The molecule has 5 nitrogen and oxygen atoms in total. The summed E-state index contributed by atoms with van der Waals surface area (Å²) in [6.07, 6.45) is 2.10. The molecule has 0 radical (unpaired) electrons. The van der Waals surface area contributed by atoms with Crippen LogP contribution in [0.25, 0.3) is 0 Å². The van der Waals surface area contributed by atoms with Gasteiger partial charge in [0.1, 0.15) is 5.75 Å². The van der Waals surface area contributed by atoms with Crippen molar-refractivity contribution in [3.8, 4) is 5.75 Å². The maximum atomic E-state index is 12.1. The van der Waals surface area contributed by atoms with Crippen molar-refractivity contribution in [2.24, 2.45) is 11.8 Å². The van der Waals surface area contributed by atoms with Gasteiger partial charge in [-0.15, -0.1) is 0 Å². The van der Waals surface area contributed by atoms with E-state index in [0.29, 0.717) is 13.1 Å². The molecule has 1 fully saturated rings. The zero-order chi connectivity index (χ0) is 19.2. The van der Waals surface area contributed by atoms with E-state index in [1.165, 1.54) is 12.0 Å². The van der Waals surface area contributed by atoms with Crippen LogP contribution in [0.3, 0.4) is 0 Å². The van der Waals surface area contributed by atoms with Crippen molar-refractivity contribution in [3.05, 3.63) is 29.8 Å². The van der Waals surface area contributed by atoms with Gasteiger partial charge in [-0.1, -0.05) is 26.0 Å². The minimum atomic E-state index is -0.0929. The van der Waals surface area contributed by atoms with Crippen molar-refractivity contribution >= 4 is 6.03 Å². The number of benzene rings is 1. The third-order valence-electron chi connectivity index (χ3n) is 5.26. The van der Waals surface area contributed by atoms with Crippen LogP contribution in [-0.2, 0) is 6.42 Å². The largest absolute Gasteiger partial charge is 0.497 e. The fourth-order valence-corrected chi connectivity index (χ4v) is 3.74. The number of amides is 2. The van der Waals surface area contributed by atoms with Gasteiger partial charge in [-0.3, -0.25) is 4.90 Å². The third kappa shape index (κ3) is 6.20. The number of methoxy groups -OCH3 is 1. The van der Waals surface area contributed by atoms with Gasteiger partial charge < -0.3 is 15.4 Å². The normalized spacial score (nSPS) is 21.3. The van der Waals surface area contributed by atoms with Crippen LogP contribution in [-0.4, -0.2) is 49.8 Å². The molecular weight excluding hydrogens is 326 g/mol. The van der Waals surface area contributed by atoms with E-state index in [9.17, 15) is 4.79 Å². The van der Waals surface area contributed by atoms with Gasteiger partial charge in [0, 0.05) is 31.7 Å². The highest BCUT2D eigenvalue weighted by Gasteiger charge is 2.32. The highest BCUT2D eigenvalue weighted by atomic mass is 16.5. The number of nitrogens with zero attached hydrogens (tertiary/aromatic N) is 1. The predicted molar refractivity (Wildman–Crippen MR) is 107 cm³/mol. The number of rotatable bonds is 7. The van der Waals surface area contributed by atoms with Gasteiger partial charge in [0.25, 0.3) is 0 Å². The SMILES string of the molecule is COc1ccc(CCNC(=O)NCC(C)(C)N2CC(C)CC(C)C2)cc1. The number of carbonyl (C=O) groups excluding carboxylic acids is 1. The lowest BCUT2D eigenvalue weighted by atomic mass is 9.88. The molecule has 26 heavy (non-hydrogen) atoms. The van der Waals surface area contributed by atoms with Crippen LogP contribution >= 0.6 is 0 Å². The fraction of sp³-hybridized carbons (Fsp3) is 0.667. The molecule has 1 heterocycles. The van der Waals surface area contributed by atoms with Crippen LogP contribution in [0.4, 0.5) is 4.79 Å². The predicted octanol–water partition coefficient (Wildman–Crippen LogP) is 3.29. The zero-order valence-electron chi connectivity index (χ0n) is 17.0. The summed E-state index contributed by atoms with van der Waals surface area (Å²) in [5.41, 5.74) is 1.15. The lowest BCUT2D eigenvalue weighted by Crippen LogP contribution is -2.57. The second-order valence-electron chi connectivity index (χ2n) is 8.37. The highest BCUT2D eigenvalue weighted by molar-refractivity contribution is 5.73. The summed E-state index contributed by atoms with van der Waals surface area (Å²) >= 11 is 0. The van der Waals surface area contributed by atoms with Gasteiger partial charge in [0.05, 0.1) is 7.11 Å². The van der Waals surface area contributed by atoms with Crippen molar-refractivity contribution in [1.82, 2.24) is 15.5 Å². The van der Waals surface area contributed by atoms with Crippen molar-refractivity contribution in [3.63, 3.8) is 0 Å². The molecule has 0 aliphatic carbocycles. The molecule has 1 aromatic rings. The maximum Gasteiger partial charge on any atom is 0.314 e. The van der Waals surface area contributed by atoms with E-state index < -0.39 is 0 Å². The first-order valence-electron chi connectivity index (χ1n) is 9.70. The Balaban J connectivity index is 1.71. The summed E-state index contributed by atoms with van der Waals surface area (Å²) in [4.78, 5) is 14.6. The summed E-state index contributed by atoms with van der Waals surface area (Å²) in [7, 11) is 1.66. The van der Waals surface area contributed by atoms with Crippen molar-refractivity contribution < 1.29 is 9.53 Å². The summed E-state index contributed by atoms with van der Waals surface area (Å²) in [5.74, 6) is 2.29.